The number of nitrogens with one attached hydrogen (secondary N) is 1. The molecule has 2 rings (SSSR count). The van der Waals surface area contributed by atoms with Gasteiger partial charge in [0.2, 0.25) is 5.91 Å². The van der Waals surface area contributed by atoms with E-state index in [0.717, 1.165) is 19.3 Å². The first-order valence-electron chi connectivity index (χ1n) is 6.34. The SMILES string of the molecule is O=C(Cc1cccc(F)c1)NCC1CCCC1O. The number of carbonyl (C=O) groups excluding carboxylic acids is 1. The van der Waals surface area contributed by atoms with E-state index in [9.17, 15) is 14.3 Å². The second kappa shape index (κ2) is 5.96. The fourth-order valence-corrected chi connectivity index (χ4v) is 2.40. The molecule has 3 nitrogen and oxygen atoms in total. The van der Waals surface area contributed by atoms with Crippen LogP contribution in [0.3, 0.4) is 0 Å². The number of aliphatic hydroxyl groups excluding tert-OH is 1. The van der Waals surface area contributed by atoms with Crippen molar-refractivity contribution in [3.63, 3.8) is 0 Å². The van der Waals surface area contributed by atoms with E-state index in [4.69, 9.17) is 0 Å². The Bertz CT molecular complexity index is 422. The molecule has 0 aliphatic heterocycles. The van der Waals surface area contributed by atoms with Crippen molar-refractivity contribution in [2.45, 2.75) is 31.8 Å². The molecule has 1 fully saturated rings. The maximum atomic E-state index is 12.9. The highest BCUT2D eigenvalue weighted by atomic mass is 19.1. The van der Waals surface area contributed by atoms with E-state index in [0.29, 0.717) is 12.1 Å². The predicted molar refractivity (Wildman–Crippen MR) is 66.5 cm³/mol. The Morgan fingerprint density at radius 1 is 1.44 bits per heavy atom. The van der Waals surface area contributed by atoms with Crippen molar-refractivity contribution in [2.24, 2.45) is 5.92 Å². The van der Waals surface area contributed by atoms with Crippen LogP contribution in [0.5, 0.6) is 0 Å². The highest BCUT2D eigenvalue weighted by molar-refractivity contribution is 5.78. The van der Waals surface area contributed by atoms with Gasteiger partial charge in [-0.25, -0.2) is 4.39 Å². The standard InChI is InChI=1S/C14H18FNO2/c15-12-5-1-3-10(7-12)8-14(18)16-9-11-4-2-6-13(11)17/h1,3,5,7,11,13,17H,2,4,6,8-9H2,(H,16,18). The lowest BCUT2D eigenvalue weighted by Gasteiger charge is -2.15. The van der Waals surface area contributed by atoms with Crippen LogP contribution in [0.25, 0.3) is 0 Å². The van der Waals surface area contributed by atoms with E-state index in [2.05, 4.69) is 5.32 Å². The van der Waals surface area contributed by atoms with Gasteiger partial charge in [-0.15, -0.1) is 0 Å². The normalized spacial score (nSPS) is 23.0. The predicted octanol–water partition coefficient (Wildman–Crippen LogP) is 1.65. The van der Waals surface area contributed by atoms with Crippen molar-refractivity contribution >= 4 is 5.91 Å². The summed E-state index contributed by atoms with van der Waals surface area (Å²) in [6, 6.07) is 6.05. The molecule has 2 unspecified atom stereocenters. The number of benzene rings is 1. The molecule has 4 heteroatoms. The molecule has 0 aromatic heterocycles. The number of rotatable bonds is 4. The minimum atomic E-state index is -0.327. The monoisotopic (exact) mass is 251 g/mol. The fourth-order valence-electron chi connectivity index (χ4n) is 2.40. The Kier molecular flexibility index (Phi) is 4.31. The van der Waals surface area contributed by atoms with Gasteiger partial charge in [0.15, 0.2) is 0 Å². The van der Waals surface area contributed by atoms with Gasteiger partial charge in [0.1, 0.15) is 5.82 Å². The fraction of sp³-hybridized carbons (Fsp3) is 0.500. The highest BCUT2D eigenvalue weighted by Gasteiger charge is 2.25. The number of hydrogen-bond donors (Lipinski definition) is 2. The lowest BCUT2D eigenvalue weighted by molar-refractivity contribution is -0.120. The van der Waals surface area contributed by atoms with Crippen LogP contribution in [0.15, 0.2) is 24.3 Å². The molecule has 1 aliphatic rings. The number of aliphatic hydroxyl groups is 1. The zero-order valence-corrected chi connectivity index (χ0v) is 10.2. The van der Waals surface area contributed by atoms with Crippen LogP contribution in [0.4, 0.5) is 4.39 Å². The minimum Gasteiger partial charge on any atom is -0.393 e. The summed E-state index contributed by atoms with van der Waals surface area (Å²) in [6.07, 6.45) is 2.69. The quantitative estimate of drug-likeness (QED) is 0.854. The van der Waals surface area contributed by atoms with E-state index in [1.54, 1.807) is 12.1 Å². The van der Waals surface area contributed by atoms with Gasteiger partial charge in [-0.3, -0.25) is 4.79 Å². The first-order chi connectivity index (χ1) is 8.65. The zero-order valence-electron chi connectivity index (χ0n) is 10.2. The summed E-state index contributed by atoms with van der Waals surface area (Å²) in [6.45, 7) is 0.509. The van der Waals surface area contributed by atoms with Crippen molar-refractivity contribution < 1.29 is 14.3 Å². The van der Waals surface area contributed by atoms with Crippen LogP contribution in [-0.2, 0) is 11.2 Å². The van der Waals surface area contributed by atoms with Crippen molar-refractivity contribution in [1.29, 1.82) is 0 Å². The van der Waals surface area contributed by atoms with Crippen molar-refractivity contribution in [1.82, 2.24) is 5.32 Å². The molecule has 0 saturated heterocycles. The first-order valence-corrected chi connectivity index (χ1v) is 6.34. The third-order valence-corrected chi connectivity index (χ3v) is 3.43. The van der Waals surface area contributed by atoms with Crippen LogP contribution in [0.2, 0.25) is 0 Å². The van der Waals surface area contributed by atoms with E-state index >= 15 is 0 Å². The molecule has 1 saturated carbocycles. The Labute approximate surface area is 106 Å². The first kappa shape index (κ1) is 13.0. The van der Waals surface area contributed by atoms with Gasteiger partial charge in [-0.05, 0) is 30.5 Å². The third-order valence-electron chi connectivity index (χ3n) is 3.43. The summed E-state index contributed by atoms with van der Waals surface area (Å²) in [7, 11) is 0. The molecule has 1 aromatic carbocycles. The minimum absolute atomic E-state index is 0.125. The lowest BCUT2D eigenvalue weighted by Crippen LogP contribution is -2.33. The molecule has 0 radical (unpaired) electrons. The van der Waals surface area contributed by atoms with Gasteiger partial charge in [0, 0.05) is 12.5 Å². The molecule has 0 heterocycles. The lowest BCUT2D eigenvalue weighted by atomic mass is 10.1. The van der Waals surface area contributed by atoms with Crippen LogP contribution in [0, 0.1) is 11.7 Å². The number of carbonyl (C=O) groups is 1. The number of halogens is 1. The van der Waals surface area contributed by atoms with E-state index in [1.807, 2.05) is 0 Å². The number of amides is 1. The van der Waals surface area contributed by atoms with E-state index in [-0.39, 0.29) is 30.2 Å². The molecule has 1 amide bonds. The maximum Gasteiger partial charge on any atom is 0.224 e. The van der Waals surface area contributed by atoms with Gasteiger partial charge in [0.05, 0.1) is 12.5 Å². The van der Waals surface area contributed by atoms with Gasteiger partial charge >= 0.3 is 0 Å². The third kappa shape index (κ3) is 3.53. The Morgan fingerprint density at radius 3 is 2.94 bits per heavy atom. The van der Waals surface area contributed by atoms with Crippen molar-refractivity contribution in [2.75, 3.05) is 6.54 Å². The van der Waals surface area contributed by atoms with E-state index < -0.39 is 0 Å². The van der Waals surface area contributed by atoms with Crippen LogP contribution in [0.1, 0.15) is 24.8 Å². The Hall–Kier alpha value is -1.42. The molecule has 98 valence electrons. The summed E-state index contributed by atoms with van der Waals surface area (Å²) in [5.41, 5.74) is 0.666. The van der Waals surface area contributed by atoms with Crippen LogP contribution >= 0.6 is 0 Å². The summed E-state index contributed by atoms with van der Waals surface area (Å²) in [4.78, 5) is 11.7. The zero-order chi connectivity index (χ0) is 13.0. The Morgan fingerprint density at radius 2 is 2.28 bits per heavy atom. The molecular formula is C14H18FNO2. The molecule has 1 aliphatic carbocycles. The van der Waals surface area contributed by atoms with Crippen molar-refractivity contribution in [3.05, 3.63) is 35.6 Å². The molecular weight excluding hydrogens is 233 g/mol. The van der Waals surface area contributed by atoms with Crippen molar-refractivity contribution in [3.8, 4) is 0 Å². The van der Waals surface area contributed by atoms with Crippen LogP contribution in [-0.4, -0.2) is 23.7 Å². The molecule has 0 bridgehead atoms. The van der Waals surface area contributed by atoms with Gasteiger partial charge < -0.3 is 10.4 Å². The maximum absolute atomic E-state index is 12.9. The summed E-state index contributed by atoms with van der Waals surface area (Å²) < 4.78 is 12.9. The molecule has 1 aromatic rings. The summed E-state index contributed by atoms with van der Waals surface area (Å²) in [5, 5.41) is 12.4. The van der Waals surface area contributed by atoms with Gasteiger partial charge in [-0.1, -0.05) is 18.6 Å². The molecule has 0 spiro atoms. The number of hydrogen-bond acceptors (Lipinski definition) is 2. The molecule has 18 heavy (non-hydrogen) atoms. The summed E-state index contributed by atoms with van der Waals surface area (Å²) in [5.74, 6) is -0.285. The average molecular weight is 251 g/mol. The van der Waals surface area contributed by atoms with E-state index in [1.165, 1.54) is 12.1 Å². The second-order valence-corrected chi connectivity index (χ2v) is 4.87. The molecule has 2 atom stereocenters. The molecule has 2 N–H and O–H groups in total. The Balaban J connectivity index is 1.78. The average Bonchev–Trinajstić information content (AvgIpc) is 2.72. The van der Waals surface area contributed by atoms with Gasteiger partial charge in [-0.2, -0.15) is 0 Å². The second-order valence-electron chi connectivity index (χ2n) is 4.87. The highest BCUT2D eigenvalue weighted by Crippen LogP contribution is 2.24. The largest absolute Gasteiger partial charge is 0.393 e. The summed E-state index contributed by atoms with van der Waals surface area (Å²) >= 11 is 0. The van der Waals surface area contributed by atoms with Crippen LogP contribution < -0.4 is 5.32 Å². The smallest absolute Gasteiger partial charge is 0.224 e. The topological polar surface area (TPSA) is 49.3 Å². The van der Waals surface area contributed by atoms with Gasteiger partial charge in [0.25, 0.3) is 0 Å².